The monoisotopic (exact) mass is 202 g/mol. The van der Waals surface area contributed by atoms with Crippen molar-refractivity contribution < 1.29 is 4.79 Å². The van der Waals surface area contributed by atoms with Crippen LogP contribution in [0.1, 0.15) is 51.0 Å². The SMILES string of the molecule is Cc1c(C)c(C=O)c2c(c1C)CCCC2. The van der Waals surface area contributed by atoms with Crippen LogP contribution in [0.25, 0.3) is 0 Å². The Morgan fingerprint density at radius 2 is 1.47 bits per heavy atom. The Morgan fingerprint density at radius 1 is 0.867 bits per heavy atom. The van der Waals surface area contributed by atoms with E-state index in [4.69, 9.17) is 0 Å². The van der Waals surface area contributed by atoms with Crippen molar-refractivity contribution in [3.05, 3.63) is 33.4 Å². The zero-order chi connectivity index (χ0) is 11.0. The number of carbonyl (C=O) groups excluding carboxylic acids is 1. The zero-order valence-electron chi connectivity index (χ0n) is 9.81. The number of carbonyl (C=O) groups is 1. The van der Waals surface area contributed by atoms with Crippen molar-refractivity contribution in [2.24, 2.45) is 0 Å². The van der Waals surface area contributed by atoms with Gasteiger partial charge in [-0.15, -0.1) is 0 Å². The van der Waals surface area contributed by atoms with Gasteiger partial charge in [0.25, 0.3) is 0 Å². The molecule has 0 N–H and O–H groups in total. The molecule has 0 aromatic heterocycles. The standard InChI is InChI=1S/C14H18O/c1-9-10(2)12-6-4-5-7-13(12)14(8-15)11(9)3/h8H,4-7H2,1-3H3. The Bertz CT molecular complexity index is 416. The molecule has 0 amide bonds. The molecule has 0 bridgehead atoms. The average Bonchev–Trinajstić information content (AvgIpc) is 2.27. The van der Waals surface area contributed by atoms with Crippen LogP contribution in [0, 0.1) is 20.8 Å². The fourth-order valence-electron chi connectivity index (χ4n) is 2.71. The van der Waals surface area contributed by atoms with Crippen LogP contribution >= 0.6 is 0 Å². The molecular weight excluding hydrogens is 184 g/mol. The molecule has 0 saturated carbocycles. The Kier molecular flexibility index (Phi) is 2.64. The minimum atomic E-state index is 0.966. The number of rotatable bonds is 1. The highest BCUT2D eigenvalue weighted by molar-refractivity contribution is 5.82. The summed E-state index contributed by atoms with van der Waals surface area (Å²) in [5, 5.41) is 0. The predicted octanol–water partition coefficient (Wildman–Crippen LogP) is 3.30. The minimum absolute atomic E-state index is 0.966. The van der Waals surface area contributed by atoms with Gasteiger partial charge in [0.05, 0.1) is 0 Å². The van der Waals surface area contributed by atoms with Crippen LogP contribution in [0.15, 0.2) is 0 Å². The molecule has 0 spiro atoms. The molecular formula is C14H18O. The van der Waals surface area contributed by atoms with Crippen LogP contribution in [0.5, 0.6) is 0 Å². The van der Waals surface area contributed by atoms with E-state index >= 15 is 0 Å². The largest absolute Gasteiger partial charge is 0.298 e. The van der Waals surface area contributed by atoms with Gasteiger partial charge in [-0.2, -0.15) is 0 Å². The molecule has 1 aliphatic rings. The lowest BCUT2D eigenvalue weighted by Crippen LogP contribution is -2.11. The van der Waals surface area contributed by atoms with E-state index in [9.17, 15) is 4.79 Å². The molecule has 0 radical (unpaired) electrons. The summed E-state index contributed by atoms with van der Waals surface area (Å²) >= 11 is 0. The lowest BCUT2D eigenvalue weighted by Gasteiger charge is -2.23. The molecule has 0 saturated heterocycles. The van der Waals surface area contributed by atoms with Crippen molar-refractivity contribution >= 4 is 6.29 Å². The highest BCUT2D eigenvalue weighted by Crippen LogP contribution is 2.31. The Balaban J connectivity index is 2.75. The van der Waals surface area contributed by atoms with Gasteiger partial charge in [-0.3, -0.25) is 4.79 Å². The van der Waals surface area contributed by atoms with Gasteiger partial charge in [0.1, 0.15) is 0 Å². The van der Waals surface area contributed by atoms with Gasteiger partial charge < -0.3 is 0 Å². The second kappa shape index (κ2) is 3.80. The molecule has 0 fully saturated rings. The average molecular weight is 202 g/mol. The third-order valence-electron chi connectivity index (χ3n) is 3.89. The highest BCUT2D eigenvalue weighted by Gasteiger charge is 2.19. The minimum Gasteiger partial charge on any atom is -0.298 e. The maximum absolute atomic E-state index is 11.2. The van der Waals surface area contributed by atoms with Crippen LogP contribution in [0.3, 0.4) is 0 Å². The van der Waals surface area contributed by atoms with E-state index in [-0.39, 0.29) is 0 Å². The molecule has 1 aromatic rings. The van der Waals surface area contributed by atoms with Gasteiger partial charge in [-0.05, 0) is 74.3 Å². The molecule has 0 heterocycles. The zero-order valence-corrected chi connectivity index (χ0v) is 9.81. The first-order chi connectivity index (χ1) is 7.16. The summed E-state index contributed by atoms with van der Waals surface area (Å²) in [5.41, 5.74) is 7.64. The van der Waals surface area contributed by atoms with Gasteiger partial charge >= 0.3 is 0 Å². The summed E-state index contributed by atoms with van der Waals surface area (Å²) in [6, 6.07) is 0. The summed E-state index contributed by atoms with van der Waals surface area (Å²) in [6.45, 7) is 6.40. The van der Waals surface area contributed by atoms with Crippen LogP contribution in [0.2, 0.25) is 0 Å². The lowest BCUT2D eigenvalue weighted by molar-refractivity contribution is 0.112. The van der Waals surface area contributed by atoms with E-state index in [1.165, 1.54) is 40.7 Å². The van der Waals surface area contributed by atoms with E-state index in [2.05, 4.69) is 20.8 Å². The van der Waals surface area contributed by atoms with Crippen LogP contribution in [-0.4, -0.2) is 6.29 Å². The van der Waals surface area contributed by atoms with Gasteiger partial charge in [0.15, 0.2) is 6.29 Å². The number of hydrogen-bond acceptors (Lipinski definition) is 1. The van der Waals surface area contributed by atoms with Crippen LogP contribution in [-0.2, 0) is 12.8 Å². The summed E-state index contributed by atoms with van der Waals surface area (Å²) in [7, 11) is 0. The van der Waals surface area contributed by atoms with E-state index in [0.717, 1.165) is 24.7 Å². The predicted molar refractivity (Wildman–Crippen MR) is 62.7 cm³/mol. The quantitative estimate of drug-likeness (QED) is 0.638. The van der Waals surface area contributed by atoms with E-state index in [1.54, 1.807) is 0 Å². The van der Waals surface area contributed by atoms with Crippen molar-refractivity contribution in [1.29, 1.82) is 0 Å². The molecule has 0 aliphatic heterocycles. The Labute approximate surface area is 91.5 Å². The first kappa shape index (κ1) is 10.4. The van der Waals surface area contributed by atoms with Crippen molar-refractivity contribution in [2.45, 2.75) is 46.5 Å². The lowest BCUT2D eigenvalue weighted by atomic mass is 9.81. The van der Waals surface area contributed by atoms with Gasteiger partial charge in [-0.25, -0.2) is 0 Å². The molecule has 1 nitrogen and oxygen atoms in total. The van der Waals surface area contributed by atoms with E-state index < -0.39 is 0 Å². The maximum Gasteiger partial charge on any atom is 0.150 e. The van der Waals surface area contributed by atoms with E-state index in [0.29, 0.717) is 0 Å². The number of aldehydes is 1. The second-order valence-corrected chi connectivity index (χ2v) is 4.57. The molecule has 15 heavy (non-hydrogen) atoms. The normalized spacial score (nSPS) is 14.9. The third kappa shape index (κ3) is 1.50. The topological polar surface area (TPSA) is 17.1 Å². The van der Waals surface area contributed by atoms with Gasteiger partial charge in [0.2, 0.25) is 0 Å². The highest BCUT2D eigenvalue weighted by atomic mass is 16.1. The van der Waals surface area contributed by atoms with Crippen LogP contribution < -0.4 is 0 Å². The second-order valence-electron chi connectivity index (χ2n) is 4.57. The van der Waals surface area contributed by atoms with Gasteiger partial charge in [-0.1, -0.05) is 0 Å². The van der Waals surface area contributed by atoms with Crippen molar-refractivity contribution in [3.8, 4) is 0 Å². The molecule has 1 aromatic carbocycles. The fraction of sp³-hybridized carbons (Fsp3) is 0.500. The fourth-order valence-corrected chi connectivity index (χ4v) is 2.71. The Morgan fingerprint density at radius 3 is 2.07 bits per heavy atom. The third-order valence-corrected chi connectivity index (χ3v) is 3.89. The number of hydrogen-bond donors (Lipinski definition) is 0. The summed E-state index contributed by atoms with van der Waals surface area (Å²) in [5.74, 6) is 0. The summed E-state index contributed by atoms with van der Waals surface area (Å²) < 4.78 is 0. The van der Waals surface area contributed by atoms with Gasteiger partial charge in [0, 0.05) is 5.56 Å². The Hall–Kier alpha value is -1.11. The number of benzene rings is 1. The summed E-state index contributed by atoms with van der Waals surface area (Å²) in [4.78, 5) is 11.2. The molecule has 2 rings (SSSR count). The molecule has 0 atom stereocenters. The molecule has 80 valence electrons. The molecule has 0 unspecified atom stereocenters. The molecule has 1 aliphatic carbocycles. The van der Waals surface area contributed by atoms with E-state index in [1.807, 2.05) is 0 Å². The first-order valence-electron chi connectivity index (χ1n) is 5.73. The maximum atomic E-state index is 11.2. The van der Waals surface area contributed by atoms with Crippen LogP contribution in [0.4, 0.5) is 0 Å². The summed E-state index contributed by atoms with van der Waals surface area (Å²) in [6.07, 6.45) is 5.80. The number of fused-ring (bicyclic) bond motifs is 1. The van der Waals surface area contributed by atoms with Crippen molar-refractivity contribution in [3.63, 3.8) is 0 Å². The smallest absolute Gasteiger partial charge is 0.150 e. The van der Waals surface area contributed by atoms with Crippen molar-refractivity contribution in [1.82, 2.24) is 0 Å². The molecule has 1 heteroatoms. The first-order valence-corrected chi connectivity index (χ1v) is 5.73. The van der Waals surface area contributed by atoms with Crippen molar-refractivity contribution in [2.75, 3.05) is 0 Å².